The van der Waals surface area contributed by atoms with E-state index in [1.807, 2.05) is 24.5 Å². The summed E-state index contributed by atoms with van der Waals surface area (Å²) < 4.78 is 0. The van der Waals surface area contributed by atoms with Crippen LogP contribution in [0.4, 0.5) is 0 Å². The van der Waals surface area contributed by atoms with E-state index < -0.39 is 0 Å². The molecule has 86 valence electrons. The molecular weight excluding hydrogens is 224 g/mol. The van der Waals surface area contributed by atoms with Crippen molar-refractivity contribution in [3.05, 3.63) is 48.9 Å². The van der Waals surface area contributed by atoms with E-state index in [9.17, 15) is 0 Å². The van der Waals surface area contributed by atoms with Crippen LogP contribution in [0.3, 0.4) is 0 Å². The van der Waals surface area contributed by atoms with Crippen molar-refractivity contribution < 1.29 is 0 Å². The predicted octanol–water partition coefficient (Wildman–Crippen LogP) is 3.11. The quantitative estimate of drug-likeness (QED) is 0.531. The van der Waals surface area contributed by atoms with E-state index >= 15 is 0 Å². The minimum atomic E-state index is 0.916. The van der Waals surface area contributed by atoms with E-state index in [1.54, 1.807) is 6.20 Å². The highest BCUT2D eigenvalue weighted by atomic mass is 15.1. The Labute approximate surface area is 103 Å². The van der Waals surface area contributed by atoms with Gasteiger partial charge in [-0.05, 0) is 29.8 Å². The Balaban J connectivity index is 2.00. The molecule has 3 aromatic heterocycles. The van der Waals surface area contributed by atoms with E-state index in [1.165, 1.54) is 11.1 Å². The van der Waals surface area contributed by atoms with Gasteiger partial charge in [-0.15, -0.1) is 0 Å². The van der Waals surface area contributed by atoms with Crippen LogP contribution >= 0.6 is 0 Å². The maximum absolute atomic E-state index is 4.31. The lowest BCUT2D eigenvalue weighted by atomic mass is 10.0. The molecule has 4 aromatic rings. The molecule has 3 heterocycles. The van der Waals surface area contributed by atoms with E-state index in [-0.39, 0.29) is 0 Å². The Kier molecular flexibility index (Phi) is 1.80. The Morgan fingerprint density at radius 3 is 3.11 bits per heavy atom. The zero-order chi connectivity index (χ0) is 11.9. The number of rotatable bonds is 1. The van der Waals surface area contributed by atoms with Gasteiger partial charge in [0.15, 0.2) is 0 Å². The number of benzene rings is 1. The SMILES string of the molecule is c1cnc2[nH]cc(-c3ccc4[nH]ncc4c3)c2c1. The van der Waals surface area contributed by atoms with Gasteiger partial charge in [-0.3, -0.25) is 5.10 Å². The Morgan fingerprint density at radius 1 is 1.11 bits per heavy atom. The molecule has 4 rings (SSSR count). The van der Waals surface area contributed by atoms with Gasteiger partial charge in [-0.25, -0.2) is 4.98 Å². The number of pyridine rings is 1. The van der Waals surface area contributed by atoms with Crippen molar-refractivity contribution >= 4 is 21.9 Å². The summed E-state index contributed by atoms with van der Waals surface area (Å²) in [4.78, 5) is 7.50. The van der Waals surface area contributed by atoms with Gasteiger partial charge in [0.2, 0.25) is 0 Å². The summed E-state index contributed by atoms with van der Waals surface area (Å²) in [5.74, 6) is 0. The molecule has 0 saturated carbocycles. The third kappa shape index (κ3) is 1.26. The first-order valence-corrected chi connectivity index (χ1v) is 5.77. The normalized spacial score (nSPS) is 11.3. The number of nitrogens with one attached hydrogen (secondary N) is 2. The molecule has 4 nitrogen and oxygen atoms in total. The van der Waals surface area contributed by atoms with Crippen LogP contribution in [0.25, 0.3) is 33.1 Å². The first-order valence-electron chi connectivity index (χ1n) is 5.77. The Hall–Kier alpha value is -2.62. The number of fused-ring (bicyclic) bond motifs is 2. The zero-order valence-electron chi connectivity index (χ0n) is 9.51. The molecule has 0 unspecified atom stereocenters. The lowest BCUT2D eigenvalue weighted by Crippen LogP contribution is -1.77. The van der Waals surface area contributed by atoms with Gasteiger partial charge in [-0.1, -0.05) is 6.07 Å². The maximum atomic E-state index is 4.31. The number of aromatic nitrogens is 4. The molecule has 18 heavy (non-hydrogen) atoms. The summed E-state index contributed by atoms with van der Waals surface area (Å²) in [6.45, 7) is 0. The van der Waals surface area contributed by atoms with Crippen molar-refractivity contribution in [3.63, 3.8) is 0 Å². The van der Waals surface area contributed by atoms with E-state index in [0.29, 0.717) is 0 Å². The average Bonchev–Trinajstić information content (AvgIpc) is 3.04. The van der Waals surface area contributed by atoms with Crippen molar-refractivity contribution in [1.82, 2.24) is 20.2 Å². The molecule has 0 spiro atoms. The van der Waals surface area contributed by atoms with Crippen LogP contribution in [0.5, 0.6) is 0 Å². The molecule has 0 aliphatic heterocycles. The van der Waals surface area contributed by atoms with Gasteiger partial charge in [0.1, 0.15) is 5.65 Å². The summed E-state index contributed by atoms with van der Waals surface area (Å²) in [5, 5.41) is 9.26. The molecule has 0 fully saturated rings. The molecule has 0 saturated heterocycles. The summed E-state index contributed by atoms with van der Waals surface area (Å²) in [6, 6.07) is 10.3. The van der Waals surface area contributed by atoms with Crippen molar-refractivity contribution in [3.8, 4) is 11.1 Å². The van der Waals surface area contributed by atoms with E-state index in [0.717, 1.165) is 21.9 Å². The molecule has 0 aliphatic carbocycles. The lowest BCUT2D eigenvalue weighted by molar-refractivity contribution is 1.12. The summed E-state index contributed by atoms with van der Waals surface area (Å²) >= 11 is 0. The second-order valence-corrected chi connectivity index (χ2v) is 4.27. The highest BCUT2D eigenvalue weighted by Gasteiger charge is 2.07. The average molecular weight is 234 g/mol. The summed E-state index contributed by atoms with van der Waals surface area (Å²) in [5.41, 5.74) is 4.31. The Morgan fingerprint density at radius 2 is 2.11 bits per heavy atom. The monoisotopic (exact) mass is 234 g/mol. The van der Waals surface area contributed by atoms with Gasteiger partial charge >= 0.3 is 0 Å². The third-order valence-electron chi connectivity index (χ3n) is 3.20. The number of hydrogen-bond donors (Lipinski definition) is 2. The fraction of sp³-hybridized carbons (Fsp3) is 0. The van der Waals surface area contributed by atoms with Crippen LogP contribution in [0.1, 0.15) is 0 Å². The molecule has 2 N–H and O–H groups in total. The van der Waals surface area contributed by atoms with E-state index in [4.69, 9.17) is 0 Å². The first kappa shape index (κ1) is 9.41. The molecule has 4 heteroatoms. The van der Waals surface area contributed by atoms with Gasteiger partial charge < -0.3 is 4.98 Å². The van der Waals surface area contributed by atoms with Crippen LogP contribution in [0, 0.1) is 0 Å². The van der Waals surface area contributed by atoms with Crippen LogP contribution in [-0.4, -0.2) is 20.2 Å². The van der Waals surface area contributed by atoms with Crippen molar-refractivity contribution in [1.29, 1.82) is 0 Å². The summed E-state index contributed by atoms with van der Waals surface area (Å²) in [6.07, 6.45) is 5.63. The first-order chi connectivity index (χ1) is 8.92. The molecule has 0 radical (unpaired) electrons. The standard InChI is InChI=1S/C14H10N4/c1-2-11-12(8-16-14(11)15-5-1)9-3-4-13-10(6-9)7-17-18-13/h1-8H,(H,15,16)(H,17,18). The molecule has 0 aliphatic rings. The minimum Gasteiger partial charge on any atom is -0.346 e. The molecule has 0 atom stereocenters. The number of hydrogen-bond acceptors (Lipinski definition) is 2. The molecule has 1 aromatic carbocycles. The van der Waals surface area contributed by atoms with Crippen molar-refractivity contribution in [2.75, 3.05) is 0 Å². The maximum Gasteiger partial charge on any atom is 0.137 e. The van der Waals surface area contributed by atoms with Gasteiger partial charge in [0.05, 0.1) is 11.7 Å². The third-order valence-corrected chi connectivity index (χ3v) is 3.20. The lowest BCUT2D eigenvalue weighted by Gasteiger charge is -1.99. The molecular formula is C14H10N4. The fourth-order valence-corrected chi connectivity index (χ4v) is 2.31. The largest absolute Gasteiger partial charge is 0.346 e. The second-order valence-electron chi connectivity index (χ2n) is 4.27. The number of H-pyrrole nitrogens is 2. The summed E-state index contributed by atoms with van der Waals surface area (Å²) in [7, 11) is 0. The Bertz CT molecular complexity index is 841. The highest BCUT2D eigenvalue weighted by Crippen LogP contribution is 2.29. The zero-order valence-corrected chi connectivity index (χ0v) is 9.51. The van der Waals surface area contributed by atoms with Gasteiger partial charge in [-0.2, -0.15) is 5.10 Å². The topological polar surface area (TPSA) is 57.4 Å². The van der Waals surface area contributed by atoms with Gasteiger partial charge in [0, 0.05) is 28.7 Å². The molecule has 0 bridgehead atoms. The molecule has 0 amide bonds. The van der Waals surface area contributed by atoms with Crippen LogP contribution in [0.2, 0.25) is 0 Å². The second kappa shape index (κ2) is 3.43. The van der Waals surface area contributed by atoms with Crippen molar-refractivity contribution in [2.45, 2.75) is 0 Å². The van der Waals surface area contributed by atoms with Crippen LogP contribution in [0.15, 0.2) is 48.9 Å². The number of aromatic amines is 2. The van der Waals surface area contributed by atoms with Crippen molar-refractivity contribution in [2.24, 2.45) is 0 Å². The highest BCUT2D eigenvalue weighted by molar-refractivity contribution is 5.96. The minimum absolute atomic E-state index is 0.916. The fourth-order valence-electron chi connectivity index (χ4n) is 2.31. The smallest absolute Gasteiger partial charge is 0.137 e. The van der Waals surface area contributed by atoms with Crippen LogP contribution < -0.4 is 0 Å². The van der Waals surface area contributed by atoms with Gasteiger partial charge in [0.25, 0.3) is 0 Å². The van der Waals surface area contributed by atoms with Crippen LogP contribution in [-0.2, 0) is 0 Å². The predicted molar refractivity (Wildman–Crippen MR) is 71.2 cm³/mol. The number of nitrogens with zero attached hydrogens (tertiary/aromatic N) is 2. The van der Waals surface area contributed by atoms with E-state index in [2.05, 4.69) is 38.4 Å².